The molecule has 2 aromatic rings. The second-order valence-electron chi connectivity index (χ2n) is 15.4. The summed E-state index contributed by atoms with van der Waals surface area (Å²) in [6.45, 7) is 20.9. The highest BCUT2D eigenvalue weighted by atomic mass is 16.6. The normalized spacial score (nSPS) is 14.1. The van der Waals surface area contributed by atoms with E-state index in [2.05, 4.69) is 17.6 Å². The van der Waals surface area contributed by atoms with Gasteiger partial charge in [0.15, 0.2) is 0 Å². The summed E-state index contributed by atoms with van der Waals surface area (Å²) in [5, 5.41) is 5.86. The number of carbonyl (C=O) groups excluding carboxylic acids is 4. The van der Waals surface area contributed by atoms with E-state index in [1.54, 1.807) is 46.4 Å². The molecule has 4 unspecified atom stereocenters. The smallest absolute Gasteiger partial charge is 0.408 e. The number of unbranched alkanes of at least 4 members (excludes halogenated alkanes) is 4. The predicted octanol–water partition coefficient (Wildman–Crippen LogP) is 8.15. The van der Waals surface area contributed by atoms with E-state index in [4.69, 9.17) is 9.47 Å². The molecule has 0 aliphatic heterocycles. The molecule has 2 aromatic carbocycles. The van der Waals surface area contributed by atoms with Crippen LogP contribution >= 0.6 is 0 Å². The lowest BCUT2D eigenvalue weighted by atomic mass is 9.92. The van der Waals surface area contributed by atoms with Crippen LogP contribution in [0.25, 0.3) is 0 Å². The molecule has 0 aliphatic carbocycles. The fourth-order valence-electron chi connectivity index (χ4n) is 5.74. The van der Waals surface area contributed by atoms with Gasteiger partial charge in [-0.15, -0.1) is 0 Å². The lowest BCUT2D eigenvalue weighted by Gasteiger charge is -2.37. The molecule has 0 fully saturated rings. The van der Waals surface area contributed by atoms with Crippen molar-refractivity contribution in [2.45, 2.75) is 150 Å². The molecular weight excluding hydrogens is 630 g/mol. The molecule has 278 valence electrons. The number of nitrogens with one attached hydrogen (secondary N) is 2. The molecule has 0 saturated carbocycles. The molecule has 3 amide bonds. The lowest BCUT2D eigenvalue weighted by molar-refractivity contribution is -0.159. The number of ether oxygens (including phenoxy) is 2. The van der Waals surface area contributed by atoms with Gasteiger partial charge in [0.05, 0.1) is 0 Å². The number of esters is 1. The molecule has 50 heavy (non-hydrogen) atoms. The summed E-state index contributed by atoms with van der Waals surface area (Å²) in [5.74, 6) is -1.69. The molecule has 0 radical (unpaired) electrons. The van der Waals surface area contributed by atoms with Crippen molar-refractivity contribution in [3.05, 3.63) is 70.8 Å². The van der Waals surface area contributed by atoms with Crippen molar-refractivity contribution < 1.29 is 28.7 Å². The van der Waals surface area contributed by atoms with Crippen molar-refractivity contribution in [3.63, 3.8) is 0 Å². The van der Waals surface area contributed by atoms with Crippen LogP contribution in [0, 0.1) is 19.8 Å². The van der Waals surface area contributed by atoms with Gasteiger partial charge in [0.1, 0.15) is 29.3 Å². The average molecular weight is 694 g/mol. The molecule has 0 aliphatic rings. The van der Waals surface area contributed by atoms with Gasteiger partial charge < -0.3 is 25.0 Å². The summed E-state index contributed by atoms with van der Waals surface area (Å²) < 4.78 is 11.4. The van der Waals surface area contributed by atoms with Gasteiger partial charge in [-0.05, 0) is 90.0 Å². The number of hydrogen-bond acceptors (Lipinski definition) is 6. The number of aryl methyl sites for hydroxylation is 1. The zero-order valence-corrected chi connectivity index (χ0v) is 32.5. The van der Waals surface area contributed by atoms with Crippen molar-refractivity contribution in [2.24, 2.45) is 5.92 Å². The Balaban J connectivity index is 2.71. The highest BCUT2D eigenvalue weighted by Gasteiger charge is 2.40. The molecule has 2 N–H and O–H groups in total. The molecule has 9 nitrogen and oxygen atoms in total. The third-order valence-electron chi connectivity index (χ3n) is 8.73. The summed E-state index contributed by atoms with van der Waals surface area (Å²) >= 11 is 0. The third-order valence-corrected chi connectivity index (χ3v) is 8.73. The van der Waals surface area contributed by atoms with Gasteiger partial charge in [-0.25, -0.2) is 9.59 Å². The summed E-state index contributed by atoms with van der Waals surface area (Å²) in [7, 11) is 0. The number of carbonyl (C=O) groups is 4. The number of nitrogens with zero attached hydrogens (tertiary/aromatic N) is 1. The monoisotopic (exact) mass is 693 g/mol. The maximum atomic E-state index is 14.9. The summed E-state index contributed by atoms with van der Waals surface area (Å²) in [6, 6.07) is 12.1. The predicted molar refractivity (Wildman–Crippen MR) is 200 cm³/mol. The van der Waals surface area contributed by atoms with E-state index in [0.29, 0.717) is 18.4 Å². The number of rotatable bonds is 17. The number of hydrogen-bond donors (Lipinski definition) is 2. The minimum absolute atomic E-state index is 0.210. The summed E-state index contributed by atoms with van der Waals surface area (Å²) in [4.78, 5) is 58.0. The van der Waals surface area contributed by atoms with Crippen LogP contribution in [0.3, 0.4) is 0 Å². The van der Waals surface area contributed by atoms with Gasteiger partial charge in [0.2, 0.25) is 11.8 Å². The summed E-state index contributed by atoms with van der Waals surface area (Å²) in [6.07, 6.45) is 4.80. The van der Waals surface area contributed by atoms with Gasteiger partial charge in [0.25, 0.3) is 0 Å². The average Bonchev–Trinajstić information content (AvgIpc) is 3.02. The first-order valence-electron chi connectivity index (χ1n) is 18.3. The van der Waals surface area contributed by atoms with Crippen LogP contribution in [0.2, 0.25) is 0 Å². The van der Waals surface area contributed by atoms with Crippen molar-refractivity contribution >= 4 is 23.9 Å². The van der Waals surface area contributed by atoms with Gasteiger partial charge in [-0.2, -0.15) is 0 Å². The zero-order valence-electron chi connectivity index (χ0n) is 32.5. The Morgan fingerprint density at radius 1 is 0.780 bits per heavy atom. The molecule has 0 aromatic heterocycles. The van der Waals surface area contributed by atoms with Crippen molar-refractivity contribution in [2.75, 3.05) is 6.54 Å². The standard InChI is InChI=1S/C41H63N3O6/c1-12-14-15-16-20-26-44(37(46)34(28(3)13-2)43-39(48)50-41(9,10)11)35(32-25-21-22-29(4)30(32)5)36(45)42-33(38(47)49-40(6,7)8)27-31-23-18-17-19-24-31/h17-19,21-25,28,33-35H,12-16,20,26-27H2,1-11H3,(H,42,45)(H,43,48). The van der Waals surface area contributed by atoms with Crippen LogP contribution in [0.1, 0.15) is 129 Å². The van der Waals surface area contributed by atoms with E-state index in [1.807, 2.05) is 76.2 Å². The number of benzene rings is 2. The van der Waals surface area contributed by atoms with Crippen molar-refractivity contribution in [1.82, 2.24) is 15.5 Å². The van der Waals surface area contributed by atoms with Crippen LogP contribution in [0.15, 0.2) is 48.5 Å². The maximum Gasteiger partial charge on any atom is 0.408 e. The molecule has 4 atom stereocenters. The Labute approximate surface area is 301 Å². The Kier molecular flexibility index (Phi) is 16.5. The van der Waals surface area contributed by atoms with Gasteiger partial charge in [-0.3, -0.25) is 9.59 Å². The van der Waals surface area contributed by atoms with E-state index in [9.17, 15) is 19.2 Å². The van der Waals surface area contributed by atoms with Crippen LogP contribution in [0.4, 0.5) is 4.79 Å². The van der Waals surface area contributed by atoms with E-state index >= 15 is 0 Å². The van der Waals surface area contributed by atoms with E-state index < -0.39 is 47.3 Å². The number of amides is 3. The molecule has 0 saturated heterocycles. The van der Waals surface area contributed by atoms with Crippen LogP contribution in [-0.2, 0) is 30.3 Å². The Hall–Kier alpha value is -3.88. The Morgan fingerprint density at radius 3 is 1.98 bits per heavy atom. The quantitative estimate of drug-likeness (QED) is 0.128. The first-order chi connectivity index (χ1) is 23.4. The molecule has 2 rings (SSSR count). The fourth-order valence-corrected chi connectivity index (χ4v) is 5.74. The SMILES string of the molecule is CCCCCCCN(C(=O)C(NC(=O)OC(C)(C)C)C(C)CC)C(C(=O)NC(Cc1ccccc1)C(=O)OC(C)(C)C)c1cccc(C)c1C. The Bertz CT molecular complexity index is 1400. The highest BCUT2D eigenvalue weighted by Crippen LogP contribution is 2.29. The first-order valence-corrected chi connectivity index (χ1v) is 18.3. The second kappa shape index (κ2) is 19.5. The molecule has 0 heterocycles. The largest absolute Gasteiger partial charge is 0.458 e. The topological polar surface area (TPSA) is 114 Å². The second-order valence-corrected chi connectivity index (χ2v) is 15.4. The molecule has 0 spiro atoms. The minimum atomic E-state index is -1.08. The van der Waals surface area contributed by atoms with Crippen LogP contribution in [0.5, 0.6) is 0 Å². The first kappa shape index (κ1) is 42.3. The van der Waals surface area contributed by atoms with Crippen LogP contribution in [-0.4, -0.2) is 58.6 Å². The Morgan fingerprint density at radius 2 is 1.40 bits per heavy atom. The van der Waals surface area contributed by atoms with Gasteiger partial charge in [0, 0.05) is 13.0 Å². The molecular formula is C41H63N3O6. The van der Waals surface area contributed by atoms with E-state index in [1.165, 1.54) is 0 Å². The fraction of sp³-hybridized carbons (Fsp3) is 0.610. The molecule has 9 heteroatoms. The van der Waals surface area contributed by atoms with Crippen molar-refractivity contribution in [3.8, 4) is 0 Å². The van der Waals surface area contributed by atoms with Crippen molar-refractivity contribution in [1.29, 1.82) is 0 Å². The van der Waals surface area contributed by atoms with Crippen LogP contribution < -0.4 is 10.6 Å². The lowest BCUT2D eigenvalue weighted by Crippen LogP contribution is -2.56. The highest BCUT2D eigenvalue weighted by molar-refractivity contribution is 5.94. The van der Waals surface area contributed by atoms with Gasteiger partial charge >= 0.3 is 12.1 Å². The zero-order chi connectivity index (χ0) is 37.6. The minimum Gasteiger partial charge on any atom is -0.458 e. The number of alkyl carbamates (subject to hydrolysis) is 1. The van der Waals surface area contributed by atoms with E-state index in [-0.39, 0.29) is 24.8 Å². The van der Waals surface area contributed by atoms with E-state index in [0.717, 1.165) is 42.4 Å². The molecule has 0 bridgehead atoms. The summed E-state index contributed by atoms with van der Waals surface area (Å²) in [5.41, 5.74) is 1.81. The van der Waals surface area contributed by atoms with Gasteiger partial charge in [-0.1, -0.05) is 101 Å². The maximum absolute atomic E-state index is 14.9. The third kappa shape index (κ3) is 13.8.